The minimum atomic E-state index is -1.44. The first-order chi connectivity index (χ1) is 18.9. The summed E-state index contributed by atoms with van der Waals surface area (Å²) in [6.45, 7) is 16.3. The van der Waals surface area contributed by atoms with Gasteiger partial charge in [-0.1, -0.05) is 39.3 Å². The van der Waals surface area contributed by atoms with Crippen LogP contribution in [0.1, 0.15) is 93.4 Å². The molecule has 41 heavy (non-hydrogen) atoms. The summed E-state index contributed by atoms with van der Waals surface area (Å²) >= 11 is 0. The van der Waals surface area contributed by atoms with E-state index in [4.69, 9.17) is 9.47 Å². The predicted octanol–water partition coefficient (Wildman–Crippen LogP) is 4.08. The third kappa shape index (κ3) is 5.32. The van der Waals surface area contributed by atoms with E-state index in [9.17, 15) is 30.0 Å². The molecule has 0 saturated heterocycles. The van der Waals surface area contributed by atoms with Gasteiger partial charge in [0.25, 0.3) is 0 Å². The maximum absolute atomic E-state index is 12.3. The van der Waals surface area contributed by atoms with Crippen LogP contribution in [0.4, 0.5) is 0 Å². The van der Waals surface area contributed by atoms with Gasteiger partial charge in [0.2, 0.25) is 0 Å². The van der Waals surface area contributed by atoms with Gasteiger partial charge in [0, 0.05) is 26.2 Å². The van der Waals surface area contributed by atoms with Gasteiger partial charge in [-0.05, 0) is 86.0 Å². The molecule has 4 aliphatic rings. The third-order valence-corrected chi connectivity index (χ3v) is 12.0. The number of aliphatic hydroxyl groups is 4. The fraction of sp³-hybridized carbons (Fsp3) is 0.818. The van der Waals surface area contributed by atoms with Crippen molar-refractivity contribution >= 4 is 11.9 Å². The van der Waals surface area contributed by atoms with E-state index >= 15 is 0 Å². The zero-order valence-electron chi connectivity index (χ0n) is 25.9. The van der Waals surface area contributed by atoms with Crippen LogP contribution in [0.3, 0.4) is 0 Å². The molecule has 4 rings (SSSR count). The molecule has 0 bridgehead atoms. The van der Waals surface area contributed by atoms with Crippen LogP contribution in [-0.2, 0) is 19.1 Å². The molecule has 8 nitrogen and oxygen atoms in total. The zero-order valence-corrected chi connectivity index (χ0v) is 25.9. The number of hydrogen-bond donors (Lipinski definition) is 4. The van der Waals surface area contributed by atoms with Crippen molar-refractivity contribution in [3.8, 4) is 0 Å². The van der Waals surface area contributed by atoms with Crippen LogP contribution in [0.5, 0.6) is 0 Å². The Labute approximate surface area is 245 Å². The Morgan fingerprint density at radius 2 is 1.63 bits per heavy atom. The lowest BCUT2D eigenvalue weighted by molar-refractivity contribution is -0.196. The van der Waals surface area contributed by atoms with Crippen LogP contribution in [-0.4, -0.2) is 68.0 Å². The first kappa shape index (κ1) is 32.2. The van der Waals surface area contributed by atoms with E-state index in [2.05, 4.69) is 26.5 Å². The van der Waals surface area contributed by atoms with Crippen LogP contribution in [0, 0.1) is 40.4 Å². The van der Waals surface area contributed by atoms with Gasteiger partial charge in [-0.2, -0.15) is 0 Å². The minimum Gasteiger partial charge on any atom is -0.459 e. The van der Waals surface area contributed by atoms with Crippen molar-refractivity contribution in [2.45, 2.75) is 129 Å². The van der Waals surface area contributed by atoms with Gasteiger partial charge in [-0.15, -0.1) is 6.58 Å². The lowest BCUT2D eigenvalue weighted by atomic mass is 9.46. The van der Waals surface area contributed by atoms with Gasteiger partial charge in [0.05, 0.1) is 23.4 Å². The average Bonchev–Trinajstić information content (AvgIpc) is 3.23. The highest BCUT2D eigenvalue weighted by molar-refractivity contribution is 5.67. The Kier molecular flexibility index (Phi) is 8.69. The number of carbonyl (C=O) groups excluding carboxylic acids is 2. The van der Waals surface area contributed by atoms with E-state index < -0.39 is 47.6 Å². The number of rotatable bonds is 8. The van der Waals surface area contributed by atoms with E-state index in [1.165, 1.54) is 25.5 Å². The predicted molar refractivity (Wildman–Crippen MR) is 154 cm³/mol. The zero-order chi connectivity index (χ0) is 30.7. The molecule has 12 atom stereocenters. The molecule has 0 radical (unpaired) electrons. The van der Waals surface area contributed by atoms with Crippen LogP contribution in [0.25, 0.3) is 0 Å². The molecule has 0 aromatic heterocycles. The van der Waals surface area contributed by atoms with Crippen LogP contribution in [0.15, 0.2) is 24.3 Å². The van der Waals surface area contributed by atoms with Crippen LogP contribution >= 0.6 is 0 Å². The van der Waals surface area contributed by atoms with Crippen molar-refractivity contribution < 1.29 is 39.5 Å². The van der Waals surface area contributed by atoms with E-state index in [1.54, 1.807) is 6.92 Å². The first-order valence-electron chi connectivity index (χ1n) is 15.4. The normalized spacial score (nSPS) is 42.0. The molecule has 3 saturated carbocycles. The van der Waals surface area contributed by atoms with Gasteiger partial charge in [-0.25, -0.2) is 0 Å². The maximum Gasteiger partial charge on any atom is 0.303 e. The molecule has 0 amide bonds. The van der Waals surface area contributed by atoms with E-state index in [0.29, 0.717) is 6.42 Å². The fourth-order valence-corrected chi connectivity index (χ4v) is 9.51. The van der Waals surface area contributed by atoms with Gasteiger partial charge in [0.1, 0.15) is 12.2 Å². The van der Waals surface area contributed by atoms with Gasteiger partial charge in [-0.3, -0.25) is 9.59 Å². The monoisotopic (exact) mass is 576 g/mol. The summed E-state index contributed by atoms with van der Waals surface area (Å²) in [5, 5.41) is 45.3. The van der Waals surface area contributed by atoms with E-state index in [1.807, 2.05) is 13.8 Å². The Hall–Kier alpha value is -1.74. The smallest absolute Gasteiger partial charge is 0.303 e. The van der Waals surface area contributed by atoms with Crippen molar-refractivity contribution in [1.29, 1.82) is 0 Å². The summed E-state index contributed by atoms with van der Waals surface area (Å²) in [6, 6.07) is 0. The number of fused-ring (bicyclic) bond motifs is 5. The second-order valence-corrected chi connectivity index (χ2v) is 14.5. The van der Waals surface area contributed by atoms with Gasteiger partial charge in [0.15, 0.2) is 0 Å². The minimum absolute atomic E-state index is 0.00211. The summed E-state index contributed by atoms with van der Waals surface area (Å²) < 4.78 is 11.6. The van der Waals surface area contributed by atoms with Gasteiger partial charge >= 0.3 is 11.9 Å². The summed E-state index contributed by atoms with van der Waals surface area (Å²) in [5.41, 5.74) is -2.18. The molecule has 3 fully saturated rings. The van der Waals surface area contributed by atoms with E-state index in [-0.39, 0.29) is 46.8 Å². The molecule has 0 heterocycles. The first-order valence-corrected chi connectivity index (χ1v) is 15.4. The van der Waals surface area contributed by atoms with Crippen LogP contribution < -0.4 is 0 Å². The van der Waals surface area contributed by atoms with Gasteiger partial charge < -0.3 is 29.9 Å². The van der Waals surface area contributed by atoms with E-state index in [0.717, 1.165) is 32.1 Å². The third-order valence-electron chi connectivity index (χ3n) is 12.0. The molecule has 232 valence electrons. The molecule has 0 aromatic rings. The van der Waals surface area contributed by atoms with Crippen molar-refractivity contribution in [3.63, 3.8) is 0 Å². The van der Waals surface area contributed by atoms with Crippen molar-refractivity contribution in [2.24, 2.45) is 40.4 Å². The quantitative estimate of drug-likeness (QED) is 0.251. The van der Waals surface area contributed by atoms with Crippen molar-refractivity contribution in [2.75, 3.05) is 0 Å². The number of hydrogen-bond acceptors (Lipinski definition) is 8. The lowest BCUT2D eigenvalue weighted by Crippen LogP contribution is -2.61. The second-order valence-electron chi connectivity index (χ2n) is 14.5. The number of aliphatic hydroxyl groups excluding tert-OH is 2. The number of esters is 2. The number of ether oxygens (including phenoxy) is 2. The lowest BCUT2D eigenvalue weighted by Gasteiger charge is -2.60. The molecule has 8 heteroatoms. The molecule has 0 aliphatic heterocycles. The summed E-state index contributed by atoms with van der Waals surface area (Å²) in [7, 11) is 0. The highest BCUT2D eigenvalue weighted by atomic mass is 16.6. The standard InChI is InChI=1S/C33H52O8/c1-9-33(39,18(2)3)17-27(37)32(8,38)26-11-10-22-21-16-25(40-19(4)34)28-29(41-20(5)35)24(36)13-15-31(28,7)23(21)12-14-30(22,26)6/h9,16,18,22-29,36-39H,1,10-15,17H2,2-8H3/t22-,23-,24-,25-,26-,27-,28-,29-,30-,31+,32+,33+/m0/s1. The van der Waals surface area contributed by atoms with Crippen molar-refractivity contribution in [1.82, 2.24) is 0 Å². The summed E-state index contributed by atoms with van der Waals surface area (Å²) in [5.74, 6) is -1.37. The summed E-state index contributed by atoms with van der Waals surface area (Å²) in [4.78, 5) is 24.3. The molecule has 0 spiro atoms. The molecule has 0 unspecified atom stereocenters. The largest absolute Gasteiger partial charge is 0.459 e. The molecular weight excluding hydrogens is 524 g/mol. The summed E-state index contributed by atoms with van der Waals surface area (Å²) in [6.07, 6.45) is 4.56. The number of carbonyl (C=O) groups is 2. The Bertz CT molecular complexity index is 1070. The topological polar surface area (TPSA) is 134 Å². The second kappa shape index (κ2) is 11.1. The SMILES string of the molecule is C=C[C@@](O)(C[C@H](O)[C@](C)(O)[C@H]1CC[C@H]2C3=C[C@H](OC(C)=O)[C@H]4[C@@H](OC(C)=O)[C@@H](O)CC[C@]4(C)[C@H]3CC[C@]12C)C(C)C. The molecule has 4 aliphatic carbocycles. The highest BCUT2D eigenvalue weighted by Gasteiger charge is 2.65. The Morgan fingerprint density at radius 3 is 2.20 bits per heavy atom. The fourth-order valence-electron chi connectivity index (χ4n) is 9.51. The highest BCUT2D eigenvalue weighted by Crippen LogP contribution is 2.67. The molecule has 4 N–H and O–H groups in total. The molecular formula is C33H52O8. The number of allylic oxidation sites excluding steroid dienone is 1. The van der Waals surface area contributed by atoms with Crippen LogP contribution in [0.2, 0.25) is 0 Å². The van der Waals surface area contributed by atoms with Crippen molar-refractivity contribution in [3.05, 3.63) is 24.3 Å². The Balaban J connectivity index is 1.71. The Morgan fingerprint density at radius 1 is 1.05 bits per heavy atom. The maximum atomic E-state index is 12.3. The molecule has 0 aromatic carbocycles. The average molecular weight is 577 g/mol.